The molecule has 1 heterocycles. The lowest BCUT2D eigenvalue weighted by molar-refractivity contribution is 0.324. The smallest absolute Gasteiger partial charge is 0.240 e. The molecule has 0 unspecified atom stereocenters. The third-order valence-electron chi connectivity index (χ3n) is 5.73. The molecule has 1 aliphatic carbocycles. The number of nitrogens with zero attached hydrogens (tertiary/aromatic N) is 2. The average Bonchev–Trinajstić information content (AvgIpc) is 2.83. The average molecular weight is 500 g/mol. The summed E-state index contributed by atoms with van der Waals surface area (Å²) in [6.45, 7) is 1.87. The highest BCUT2D eigenvalue weighted by atomic mass is 32.2. The Bertz CT molecular complexity index is 1290. The van der Waals surface area contributed by atoms with Crippen molar-refractivity contribution in [1.82, 2.24) is 14.7 Å². The molecule has 0 radical (unpaired) electrons. The van der Waals surface area contributed by atoms with E-state index in [0.29, 0.717) is 40.4 Å². The Hall–Kier alpha value is -3.57. The van der Waals surface area contributed by atoms with E-state index in [1.165, 1.54) is 7.11 Å². The molecule has 35 heavy (non-hydrogen) atoms. The van der Waals surface area contributed by atoms with Crippen molar-refractivity contribution in [2.75, 3.05) is 32.0 Å². The topological polar surface area (TPSA) is 124 Å². The summed E-state index contributed by atoms with van der Waals surface area (Å²) in [4.78, 5) is 9.13. The van der Waals surface area contributed by atoms with E-state index in [2.05, 4.69) is 25.3 Å². The first kappa shape index (κ1) is 24.6. The molecule has 4 rings (SSSR count). The predicted molar refractivity (Wildman–Crippen MR) is 134 cm³/mol. The van der Waals surface area contributed by atoms with Gasteiger partial charge in [-0.2, -0.15) is 4.98 Å². The first-order valence-electron chi connectivity index (χ1n) is 11.1. The van der Waals surface area contributed by atoms with Crippen LogP contribution in [0.25, 0.3) is 0 Å². The summed E-state index contributed by atoms with van der Waals surface area (Å²) in [5.41, 5.74) is 2.03. The Morgan fingerprint density at radius 3 is 2.26 bits per heavy atom. The van der Waals surface area contributed by atoms with E-state index < -0.39 is 10.0 Å². The Labute approximate surface area is 205 Å². The van der Waals surface area contributed by atoms with Gasteiger partial charge in [-0.3, -0.25) is 0 Å². The number of ether oxygens (including phenoxy) is 3. The monoisotopic (exact) mass is 499 g/mol. The molecule has 3 aromatic rings. The molecule has 0 spiro atoms. The van der Waals surface area contributed by atoms with Crippen molar-refractivity contribution in [3.05, 3.63) is 48.2 Å². The number of nitrogens with one attached hydrogen (secondary N) is 3. The van der Waals surface area contributed by atoms with Gasteiger partial charge in [0.15, 0.2) is 11.5 Å². The highest BCUT2D eigenvalue weighted by Gasteiger charge is 2.25. The number of rotatable bonds is 10. The second-order valence-corrected chi connectivity index (χ2v) is 9.88. The van der Waals surface area contributed by atoms with Crippen LogP contribution < -0.4 is 29.6 Å². The minimum Gasteiger partial charge on any atom is -0.493 e. The van der Waals surface area contributed by atoms with Crippen molar-refractivity contribution in [3.8, 4) is 17.2 Å². The van der Waals surface area contributed by atoms with Gasteiger partial charge in [-0.05, 0) is 38.0 Å². The van der Waals surface area contributed by atoms with Crippen LogP contribution in [0, 0.1) is 6.92 Å². The van der Waals surface area contributed by atoms with E-state index in [4.69, 9.17) is 14.2 Å². The van der Waals surface area contributed by atoms with Crippen LogP contribution >= 0.6 is 0 Å². The summed E-state index contributed by atoms with van der Waals surface area (Å²) in [5.74, 6) is 2.34. The van der Waals surface area contributed by atoms with Crippen molar-refractivity contribution < 1.29 is 22.6 Å². The number of aryl methyl sites for hydroxylation is 1. The molecule has 0 atom stereocenters. The molecule has 2 aromatic carbocycles. The molecule has 0 aliphatic heterocycles. The number of hydrogen-bond acceptors (Lipinski definition) is 9. The van der Waals surface area contributed by atoms with E-state index in [1.807, 2.05) is 6.92 Å². The van der Waals surface area contributed by atoms with Gasteiger partial charge in [-0.1, -0.05) is 12.5 Å². The Morgan fingerprint density at radius 2 is 1.66 bits per heavy atom. The van der Waals surface area contributed by atoms with Crippen LogP contribution in [0.15, 0.2) is 47.5 Å². The summed E-state index contributed by atoms with van der Waals surface area (Å²) in [6, 6.07) is 10.2. The Kier molecular flexibility index (Phi) is 7.27. The summed E-state index contributed by atoms with van der Waals surface area (Å²) < 4.78 is 44.3. The predicted octanol–water partition coefficient (Wildman–Crippen LogP) is 4.13. The fourth-order valence-corrected chi connectivity index (χ4v) is 4.95. The molecule has 1 fully saturated rings. The molecule has 1 aromatic heterocycles. The van der Waals surface area contributed by atoms with Gasteiger partial charge in [0.05, 0.1) is 26.2 Å². The van der Waals surface area contributed by atoms with Crippen LogP contribution in [0.3, 0.4) is 0 Å². The molecule has 0 bridgehead atoms. The molecular formula is C24H29N5O5S. The van der Waals surface area contributed by atoms with Crippen LogP contribution in [0.1, 0.15) is 24.8 Å². The molecule has 0 amide bonds. The Morgan fingerprint density at radius 1 is 0.943 bits per heavy atom. The summed E-state index contributed by atoms with van der Waals surface area (Å²) in [7, 11) is 1.04. The standard InChI is InChI=1S/C24H29N5O5S/c1-15-14-25-24(27-18-12-20(32-2)22(34-4)21(13-18)33-3)28-23(15)26-17-9-6-10-19(11-17)35(30,31)29-16-7-5-8-16/h6,9-14,16,29H,5,7-8H2,1-4H3,(H2,25,26,27,28). The van der Waals surface area contributed by atoms with Crippen molar-refractivity contribution in [2.45, 2.75) is 37.1 Å². The summed E-state index contributed by atoms with van der Waals surface area (Å²) in [5, 5.41) is 6.35. The van der Waals surface area contributed by atoms with Gasteiger partial charge < -0.3 is 24.8 Å². The number of aromatic nitrogens is 2. The second kappa shape index (κ2) is 10.4. The van der Waals surface area contributed by atoms with Gasteiger partial charge in [0.25, 0.3) is 0 Å². The molecule has 1 saturated carbocycles. The second-order valence-electron chi connectivity index (χ2n) is 8.17. The third kappa shape index (κ3) is 5.57. The van der Waals surface area contributed by atoms with Crippen LogP contribution in [-0.4, -0.2) is 45.8 Å². The van der Waals surface area contributed by atoms with E-state index in [1.54, 1.807) is 56.8 Å². The van der Waals surface area contributed by atoms with E-state index in [-0.39, 0.29) is 10.9 Å². The lowest BCUT2D eigenvalue weighted by atomic mass is 9.94. The van der Waals surface area contributed by atoms with Gasteiger partial charge in [-0.25, -0.2) is 18.1 Å². The first-order valence-corrected chi connectivity index (χ1v) is 12.6. The molecule has 186 valence electrons. The summed E-state index contributed by atoms with van der Waals surface area (Å²) in [6.07, 6.45) is 4.47. The summed E-state index contributed by atoms with van der Waals surface area (Å²) >= 11 is 0. The van der Waals surface area contributed by atoms with Gasteiger partial charge in [0.1, 0.15) is 5.82 Å². The van der Waals surface area contributed by atoms with Gasteiger partial charge in [-0.15, -0.1) is 0 Å². The zero-order valence-electron chi connectivity index (χ0n) is 20.1. The maximum Gasteiger partial charge on any atom is 0.240 e. The van der Waals surface area contributed by atoms with E-state index in [0.717, 1.165) is 24.8 Å². The largest absolute Gasteiger partial charge is 0.493 e. The zero-order valence-corrected chi connectivity index (χ0v) is 20.9. The lowest BCUT2D eigenvalue weighted by Gasteiger charge is -2.26. The molecular weight excluding hydrogens is 470 g/mol. The van der Waals surface area contributed by atoms with Crippen molar-refractivity contribution >= 4 is 33.2 Å². The van der Waals surface area contributed by atoms with Crippen LogP contribution in [0.4, 0.5) is 23.1 Å². The van der Waals surface area contributed by atoms with Crippen LogP contribution in [0.5, 0.6) is 17.2 Å². The number of anilines is 4. The Balaban J connectivity index is 1.56. The molecule has 3 N–H and O–H groups in total. The highest BCUT2D eigenvalue weighted by molar-refractivity contribution is 7.89. The fourth-order valence-electron chi connectivity index (χ4n) is 3.60. The maximum absolute atomic E-state index is 12.7. The minimum atomic E-state index is -3.58. The normalized spacial score (nSPS) is 13.6. The molecule has 1 aliphatic rings. The number of benzene rings is 2. The minimum absolute atomic E-state index is 0.0181. The fraction of sp³-hybridized carbons (Fsp3) is 0.333. The van der Waals surface area contributed by atoms with Gasteiger partial charge in [0, 0.05) is 41.3 Å². The third-order valence-corrected chi connectivity index (χ3v) is 7.24. The number of hydrogen-bond donors (Lipinski definition) is 3. The molecule has 0 saturated heterocycles. The molecule has 11 heteroatoms. The van der Waals surface area contributed by atoms with E-state index in [9.17, 15) is 8.42 Å². The van der Waals surface area contributed by atoms with Gasteiger partial charge >= 0.3 is 0 Å². The van der Waals surface area contributed by atoms with Crippen molar-refractivity contribution in [1.29, 1.82) is 0 Å². The van der Waals surface area contributed by atoms with E-state index >= 15 is 0 Å². The SMILES string of the molecule is COc1cc(Nc2ncc(C)c(Nc3cccc(S(=O)(=O)NC4CCC4)c3)n2)cc(OC)c1OC. The lowest BCUT2D eigenvalue weighted by Crippen LogP contribution is -2.39. The molecule has 10 nitrogen and oxygen atoms in total. The van der Waals surface area contributed by atoms with Crippen LogP contribution in [-0.2, 0) is 10.0 Å². The quantitative estimate of drug-likeness (QED) is 0.378. The van der Waals surface area contributed by atoms with Crippen LogP contribution in [0.2, 0.25) is 0 Å². The maximum atomic E-state index is 12.7. The van der Waals surface area contributed by atoms with Gasteiger partial charge in [0.2, 0.25) is 21.7 Å². The number of methoxy groups -OCH3 is 3. The number of sulfonamides is 1. The van der Waals surface area contributed by atoms with Crippen molar-refractivity contribution in [2.24, 2.45) is 0 Å². The highest BCUT2D eigenvalue weighted by Crippen LogP contribution is 2.40. The zero-order chi connectivity index (χ0) is 25.0. The first-order chi connectivity index (χ1) is 16.8. The van der Waals surface area contributed by atoms with Crippen molar-refractivity contribution in [3.63, 3.8) is 0 Å².